The minimum absolute atomic E-state index is 0.0683. The Morgan fingerprint density at radius 3 is 2.40 bits per heavy atom. The van der Waals surface area contributed by atoms with Gasteiger partial charge < -0.3 is 15.4 Å². The quantitative estimate of drug-likeness (QED) is 0.320. The first-order valence-corrected chi connectivity index (χ1v) is 14.1. The molecule has 40 heavy (non-hydrogen) atoms. The molecule has 1 aliphatic carbocycles. The summed E-state index contributed by atoms with van der Waals surface area (Å²) in [5, 5.41) is 8.18. The Balaban J connectivity index is 1.14. The third-order valence-corrected chi connectivity index (χ3v) is 7.84. The molecule has 3 aromatic carbocycles. The molecule has 0 bridgehead atoms. The lowest BCUT2D eigenvalue weighted by Gasteiger charge is -2.35. The number of anilines is 1. The number of fused-ring (bicyclic) bond motifs is 1. The average Bonchev–Trinajstić information content (AvgIpc) is 3.69. The van der Waals surface area contributed by atoms with Crippen LogP contribution in [-0.4, -0.2) is 39.9 Å². The fraction of sp³-hybridized carbons (Fsp3) is 0.226. The Morgan fingerprint density at radius 2 is 1.65 bits per heavy atom. The summed E-state index contributed by atoms with van der Waals surface area (Å²) < 4.78 is 5.59. The summed E-state index contributed by atoms with van der Waals surface area (Å²) in [5.74, 6) is -0.389. The van der Waals surface area contributed by atoms with Crippen molar-refractivity contribution >= 4 is 34.4 Å². The highest BCUT2D eigenvalue weighted by atomic mass is 32.1. The van der Waals surface area contributed by atoms with E-state index in [-0.39, 0.29) is 25.0 Å². The van der Waals surface area contributed by atoms with Crippen LogP contribution in [0.25, 0.3) is 11.3 Å². The summed E-state index contributed by atoms with van der Waals surface area (Å²) >= 11 is 1.31. The van der Waals surface area contributed by atoms with Crippen LogP contribution in [0.5, 0.6) is 0 Å². The van der Waals surface area contributed by atoms with Gasteiger partial charge in [0.2, 0.25) is 5.91 Å². The number of ether oxygens (including phenoxy) is 1. The van der Waals surface area contributed by atoms with E-state index in [0.29, 0.717) is 28.9 Å². The standard InChI is InChI=1S/C31H28N4O4S/c36-28(32-25-14-15-25)22-12-10-21(11-13-22)26-19-40-30(33-26)34-29(37)27-16-23-8-4-5-9-24(23)17-35(27)31(38)39-18-20-6-2-1-3-7-20/h1-13,19,25,27H,14-18H2,(H,32,36)(H,33,34,37). The summed E-state index contributed by atoms with van der Waals surface area (Å²) in [6, 6.07) is 24.1. The first-order chi connectivity index (χ1) is 19.5. The highest BCUT2D eigenvalue weighted by Crippen LogP contribution is 2.28. The number of hydrogen-bond acceptors (Lipinski definition) is 6. The molecule has 2 N–H and O–H groups in total. The van der Waals surface area contributed by atoms with Crippen LogP contribution in [0.2, 0.25) is 0 Å². The van der Waals surface area contributed by atoms with Gasteiger partial charge in [-0.25, -0.2) is 9.78 Å². The summed E-state index contributed by atoms with van der Waals surface area (Å²) in [6.07, 6.45) is 1.92. The maximum atomic E-state index is 13.5. The van der Waals surface area contributed by atoms with Gasteiger partial charge in [0.25, 0.3) is 5.91 Å². The SMILES string of the molecule is O=C(NC1CC1)c1ccc(-c2csc(NC(=O)C3Cc4ccccc4CN3C(=O)OCc3ccccc3)n2)cc1. The Morgan fingerprint density at radius 1 is 0.925 bits per heavy atom. The monoisotopic (exact) mass is 552 g/mol. The molecule has 2 heterocycles. The van der Waals surface area contributed by atoms with E-state index in [9.17, 15) is 14.4 Å². The molecule has 1 aliphatic heterocycles. The molecule has 4 aromatic rings. The summed E-state index contributed by atoms with van der Waals surface area (Å²) in [7, 11) is 0. The van der Waals surface area contributed by atoms with Gasteiger partial charge in [-0.05, 0) is 41.7 Å². The van der Waals surface area contributed by atoms with Gasteiger partial charge in [-0.1, -0.05) is 66.7 Å². The van der Waals surface area contributed by atoms with Crippen molar-refractivity contribution in [3.63, 3.8) is 0 Å². The summed E-state index contributed by atoms with van der Waals surface area (Å²) in [6.45, 7) is 0.411. The van der Waals surface area contributed by atoms with Crippen molar-refractivity contribution in [3.8, 4) is 11.3 Å². The molecular weight excluding hydrogens is 524 g/mol. The molecule has 1 atom stereocenters. The van der Waals surface area contributed by atoms with Crippen molar-refractivity contribution in [1.29, 1.82) is 0 Å². The third kappa shape index (κ3) is 5.89. The number of aromatic nitrogens is 1. The second-order valence-electron chi connectivity index (χ2n) is 10.0. The van der Waals surface area contributed by atoms with Gasteiger partial charge in [-0.3, -0.25) is 14.5 Å². The van der Waals surface area contributed by atoms with Crippen LogP contribution in [0.4, 0.5) is 9.93 Å². The summed E-state index contributed by atoms with van der Waals surface area (Å²) in [5.41, 5.74) is 5.05. The van der Waals surface area contributed by atoms with Crippen LogP contribution in [-0.2, 0) is 29.1 Å². The van der Waals surface area contributed by atoms with E-state index in [2.05, 4.69) is 15.6 Å². The van der Waals surface area contributed by atoms with Crippen LogP contribution in [0.1, 0.15) is 39.9 Å². The number of carbonyl (C=O) groups is 3. The van der Waals surface area contributed by atoms with Gasteiger partial charge in [0.15, 0.2) is 5.13 Å². The van der Waals surface area contributed by atoms with E-state index in [1.807, 2.05) is 72.1 Å². The Kier molecular flexibility index (Phi) is 7.29. The maximum absolute atomic E-state index is 13.5. The first-order valence-electron chi connectivity index (χ1n) is 13.3. The van der Waals surface area contributed by atoms with Crippen LogP contribution in [0.3, 0.4) is 0 Å². The van der Waals surface area contributed by atoms with Crippen molar-refractivity contribution in [2.45, 2.75) is 44.5 Å². The van der Waals surface area contributed by atoms with E-state index >= 15 is 0 Å². The predicted octanol–water partition coefficient (Wildman–Crippen LogP) is 5.40. The van der Waals surface area contributed by atoms with Crippen LogP contribution in [0, 0.1) is 0 Å². The number of carbonyl (C=O) groups excluding carboxylic acids is 3. The molecule has 1 unspecified atom stereocenters. The zero-order valence-corrected chi connectivity index (χ0v) is 22.5. The lowest BCUT2D eigenvalue weighted by atomic mass is 9.94. The largest absolute Gasteiger partial charge is 0.445 e. The molecule has 0 radical (unpaired) electrons. The lowest BCUT2D eigenvalue weighted by Crippen LogP contribution is -2.50. The average molecular weight is 553 g/mol. The van der Waals surface area contributed by atoms with Gasteiger partial charge in [0.05, 0.1) is 12.2 Å². The van der Waals surface area contributed by atoms with Crippen molar-refractivity contribution < 1.29 is 19.1 Å². The van der Waals surface area contributed by atoms with Gasteiger partial charge in [0, 0.05) is 29.0 Å². The second-order valence-corrected chi connectivity index (χ2v) is 10.9. The van der Waals surface area contributed by atoms with Crippen molar-refractivity contribution in [3.05, 3.63) is 106 Å². The molecule has 1 aromatic heterocycles. The number of rotatable bonds is 7. The molecule has 202 valence electrons. The fourth-order valence-electron chi connectivity index (χ4n) is 4.69. The molecule has 1 saturated carbocycles. The molecule has 1 fully saturated rings. The molecular formula is C31H28N4O4S. The molecule has 0 spiro atoms. The predicted molar refractivity (Wildman–Crippen MR) is 153 cm³/mol. The zero-order chi connectivity index (χ0) is 27.5. The molecule has 2 aliphatic rings. The Labute approximate surface area is 236 Å². The highest BCUT2D eigenvalue weighted by molar-refractivity contribution is 7.14. The van der Waals surface area contributed by atoms with Crippen LogP contribution in [0.15, 0.2) is 84.2 Å². The lowest BCUT2D eigenvalue weighted by molar-refractivity contribution is -0.121. The minimum atomic E-state index is -0.741. The number of nitrogens with one attached hydrogen (secondary N) is 2. The van der Waals surface area contributed by atoms with E-state index in [1.165, 1.54) is 16.2 Å². The van der Waals surface area contributed by atoms with Crippen molar-refractivity contribution in [2.75, 3.05) is 5.32 Å². The number of amides is 3. The molecule has 8 nitrogen and oxygen atoms in total. The Hall–Kier alpha value is -4.50. The van der Waals surface area contributed by atoms with Gasteiger partial charge >= 0.3 is 6.09 Å². The number of hydrogen-bond donors (Lipinski definition) is 2. The molecule has 6 rings (SSSR count). The topological polar surface area (TPSA) is 101 Å². The van der Waals surface area contributed by atoms with Gasteiger partial charge in [0.1, 0.15) is 12.6 Å². The van der Waals surface area contributed by atoms with E-state index in [1.54, 1.807) is 12.1 Å². The van der Waals surface area contributed by atoms with Crippen LogP contribution < -0.4 is 10.6 Å². The number of thiazole rings is 1. The van der Waals surface area contributed by atoms with E-state index in [4.69, 9.17) is 4.74 Å². The zero-order valence-electron chi connectivity index (χ0n) is 21.7. The molecule has 0 saturated heterocycles. The normalized spacial score (nSPS) is 16.1. The minimum Gasteiger partial charge on any atom is -0.445 e. The smallest absolute Gasteiger partial charge is 0.411 e. The van der Waals surface area contributed by atoms with E-state index < -0.39 is 12.1 Å². The van der Waals surface area contributed by atoms with Gasteiger partial charge in [-0.2, -0.15) is 0 Å². The Bertz CT molecular complexity index is 1530. The fourth-order valence-corrected chi connectivity index (χ4v) is 5.42. The van der Waals surface area contributed by atoms with Crippen molar-refractivity contribution in [1.82, 2.24) is 15.2 Å². The first kappa shape index (κ1) is 25.8. The second kappa shape index (κ2) is 11.3. The van der Waals surface area contributed by atoms with E-state index in [0.717, 1.165) is 35.1 Å². The maximum Gasteiger partial charge on any atom is 0.411 e. The third-order valence-electron chi connectivity index (χ3n) is 7.08. The number of benzene rings is 3. The molecule has 3 amide bonds. The van der Waals surface area contributed by atoms with Gasteiger partial charge in [-0.15, -0.1) is 11.3 Å². The van der Waals surface area contributed by atoms with Crippen molar-refractivity contribution in [2.24, 2.45) is 0 Å². The number of nitrogens with zero attached hydrogens (tertiary/aromatic N) is 2. The molecule has 9 heteroatoms. The highest BCUT2D eigenvalue weighted by Gasteiger charge is 2.36. The summed E-state index contributed by atoms with van der Waals surface area (Å²) in [4.78, 5) is 45.0. The van der Waals surface area contributed by atoms with Crippen LogP contribution >= 0.6 is 11.3 Å².